The average Bonchev–Trinajstić information content (AvgIpc) is 2.11. The Bertz CT molecular complexity index is 291. The fourth-order valence-corrected chi connectivity index (χ4v) is 1.18. The summed E-state index contributed by atoms with van der Waals surface area (Å²) in [6, 6.07) is 0. The maximum atomic E-state index is 11.8. The first-order valence-electron chi connectivity index (χ1n) is 4.19. The number of hydrogen-bond donors (Lipinski definition) is 1. The molecule has 1 N–H and O–H groups in total. The van der Waals surface area contributed by atoms with Gasteiger partial charge in [0.1, 0.15) is 5.54 Å². The van der Waals surface area contributed by atoms with Crippen LogP contribution < -0.4 is 0 Å². The van der Waals surface area contributed by atoms with Crippen LogP contribution in [0.4, 0.5) is 13.2 Å². The molecular formula is C8H12F3NO3S. The predicted octanol–water partition coefficient (Wildman–Crippen LogP) is 1.56. The van der Waals surface area contributed by atoms with Crippen LogP contribution in [0.3, 0.4) is 0 Å². The third-order valence-electron chi connectivity index (χ3n) is 2.10. The van der Waals surface area contributed by atoms with E-state index in [0.29, 0.717) is 0 Å². The first kappa shape index (κ1) is 15.1. The first-order chi connectivity index (χ1) is 6.98. The molecule has 0 saturated carbocycles. The standard InChI is InChI=1S/C8H12F3NO3S/c1-7(2,6(14)15)12(3)5(13)4-16-8(9,10)11/h4H2,1-3H3,(H,14,15). The number of thioether (sulfide) groups is 1. The lowest BCUT2D eigenvalue weighted by Crippen LogP contribution is -2.51. The van der Waals surface area contributed by atoms with Crippen LogP contribution in [0, 0.1) is 0 Å². The molecule has 0 aliphatic heterocycles. The molecule has 0 unspecified atom stereocenters. The monoisotopic (exact) mass is 259 g/mol. The van der Waals surface area contributed by atoms with Gasteiger partial charge in [0.15, 0.2) is 0 Å². The summed E-state index contributed by atoms with van der Waals surface area (Å²) in [7, 11) is 1.16. The summed E-state index contributed by atoms with van der Waals surface area (Å²) in [5, 5.41) is 8.77. The van der Waals surface area contributed by atoms with Crippen LogP contribution in [-0.2, 0) is 9.59 Å². The van der Waals surface area contributed by atoms with Crippen molar-refractivity contribution >= 4 is 23.6 Å². The SMILES string of the molecule is CN(C(=O)CSC(F)(F)F)C(C)(C)C(=O)O. The highest BCUT2D eigenvalue weighted by Gasteiger charge is 2.37. The number of aliphatic carboxylic acids is 1. The minimum absolute atomic E-state index is 0.486. The quantitative estimate of drug-likeness (QED) is 0.832. The number of carboxylic acid groups (broad SMARTS) is 1. The van der Waals surface area contributed by atoms with E-state index in [1.165, 1.54) is 13.8 Å². The summed E-state index contributed by atoms with van der Waals surface area (Å²) < 4.78 is 35.4. The second-order valence-corrected chi connectivity index (χ2v) is 4.59. The van der Waals surface area contributed by atoms with E-state index in [4.69, 9.17) is 5.11 Å². The molecule has 0 aromatic carbocycles. The van der Waals surface area contributed by atoms with E-state index in [9.17, 15) is 22.8 Å². The van der Waals surface area contributed by atoms with Gasteiger partial charge < -0.3 is 10.0 Å². The lowest BCUT2D eigenvalue weighted by molar-refractivity contribution is -0.154. The smallest absolute Gasteiger partial charge is 0.442 e. The molecule has 0 aromatic heterocycles. The van der Waals surface area contributed by atoms with Crippen molar-refractivity contribution in [3.63, 3.8) is 0 Å². The van der Waals surface area contributed by atoms with Gasteiger partial charge in [-0.15, -0.1) is 0 Å². The Morgan fingerprint density at radius 2 is 1.75 bits per heavy atom. The second-order valence-electron chi connectivity index (χ2n) is 3.55. The number of hydrogen-bond acceptors (Lipinski definition) is 3. The van der Waals surface area contributed by atoms with Gasteiger partial charge >= 0.3 is 11.5 Å². The molecule has 0 aliphatic carbocycles. The van der Waals surface area contributed by atoms with Crippen molar-refractivity contribution < 1.29 is 27.9 Å². The number of likely N-dealkylation sites (N-methyl/N-ethyl adjacent to an activating group) is 1. The predicted molar refractivity (Wildman–Crippen MR) is 53.0 cm³/mol. The van der Waals surface area contributed by atoms with Crippen molar-refractivity contribution in [3.8, 4) is 0 Å². The molecule has 0 aliphatic rings. The highest BCUT2D eigenvalue weighted by atomic mass is 32.2. The Hall–Kier alpha value is -0.920. The summed E-state index contributed by atoms with van der Waals surface area (Å²) >= 11 is -0.486. The molecule has 0 rings (SSSR count). The van der Waals surface area contributed by atoms with E-state index >= 15 is 0 Å². The van der Waals surface area contributed by atoms with Crippen LogP contribution in [0.5, 0.6) is 0 Å². The zero-order valence-electron chi connectivity index (χ0n) is 8.96. The van der Waals surface area contributed by atoms with Crippen LogP contribution in [0.1, 0.15) is 13.8 Å². The molecule has 8 heteroatoms. The molecule has 0 saturated heterocycles. The van der Waals surface area contributed by atoms with E-state index in [0.717, 1.165) is 11.9 Å². The van der Waals surface area contributed by atoms with E-state index in [-0.39, 0.29) is 0 Å². The number of nitrogens with zero attached hydrogens (tertiary/aromatic N) is 1. The first-order valence-corrected chi connectivity index (χ1v) is 5.18. The van der Waals surface area contributed by atoms with Gasteiger partial charge in [-0.2, -0.15) is 13.2 Å². The van der Waals surface area contributed by atoms with Gasteiger partial charge in [0.2, 0.25) is 5.91 Å². The summed E-state index contributed by atoms with van der Waals surface area (Å²) in [6.45, 7) is 2.48. The zero-order chi connectivity index (χ0) is 13.1. The lowest BCUT2D eigenvalue weighted by Gasteiger charge is -2.31. The fraction of sp³-hybridized carbons (Fsp3) is 0.750. The van der Waals surface area contributed by atoms with Gasteiger partial charge in [-0.25, -0.2) is 4.79 Å². The highest BCUT2D eigenvalue weighted by molar-refractivity contribution is 8.00. The molecule has 16 heavy (non-hydrogen) atoms. The van der Waals surface area contributed by atoms with Crippen molar-refractivity contribution in [2.45, 2.75) is 24.9 Å². The van der Waals surface area contributed by atoms with Gasteiger partial charge in [-0.05, 0) is 25.6 Å². The van der Waals surface area contributed by atoms with Crippen LogP contribution in [0.25, 0.3) is 0 Å². The molecule has 0 fully saturated rings. The number of carbonyl (C=O) groups is 2. The van der Waals surface area contributed by atoms with E-state index in [1.54, 1.807) is 0 Å². The van der Waals surface area contributed by atoms with Crippen LogP contribution in [-0.4, -0.2) is 45.7 Å². The number of carbonyl (C=O) groups excluding carboxylic acids is 1. The molecule has 0 aromatic rings. The fourth-order valence-electron chi connectivity index (χ4n) is 0.696. The van der Waals surface area contributed by atoms with Crippen LogP contribution in [0.2, 0.25) is 0 Å². The number of amides is 1. The number of halogens is 3. The molecule has 94 valence electrons. The zero-order valence-corrected chi connectivity index (χ0v) is 9.78. The van der Waals surface area contributed by atoms with Gasteiger partial charge in [-0.1, -0.05) is 0 Å². The summed E-state index contributed by atoms with van der Waals surface area (Å²) in [4.78, 5) is 22.8. The number of alkyl halides is 3. The lowest BCUT2D eigenvalue weighted by atomic mass is 10.0. The molecule has 0 heterocycles. The van der Waals surface area contributed by atoms with Gasteiger partial charge in [0.25, 0.3) is 0 Å². The average molecular weight is 259 g/mol. The minimum Gasteiger partial charge on any atom is -0.480 e. The van der Waals surface area contributed by atoms with Crippen molar-refractivity contribution in [1.29, 1.82) is 0 Å². The third-order valence-corrected chi connectivity index (χ3v) is 2.81. The molecule has 1 amide bonds. The Labute approximate surface area is 94.8 Å². The van der Waals surface area contributed by atoms with Gasteiger partial charge in [0.05, 0.1) is 5.75 Å². The highest BCUT2D eigenvalue weighted by Crippen LogP contribution is 2.30. The molecule has 0 radical (unpaired) electrons. The molecular weight excluding hydrogens is 247 g/mol. The number of carboxylic acids is 1. The van der Waals surface area contributed by atoms with Gasteiger partial charge in [0, 0.05) is 7.05 Å². The van der Waals surface area contributed by atoms with E-state index < -0.39 is 40.4 Å². The van der Waals surface area contributed by atoms with E-state index in [1.807, 2.05) is 0 Å². The topological polar surface area (TPSA) is 57.6 Å². The van der Waals surface area contributed by atoms with Crippen molar-refractivity contribution in [2.24, 2.45) is 0 Å². The van der Waals surface area contributed by atoms with Gasteiger partial charge in [-0.3, -0.25) is 4.79 Å². The Morgan fingerprint density at radius 3 is 2.06 bits per heavy atom. The van der Waals surface area contributed by atoms with Crippen molar-refractivity contribution in [1.82, 2.24) is 4.90 Å². The number of rotatable bonds is 4. The Kier molecular flexibility index (Phi) is 4.66. The molecule has 0 atom stereocenters. The maximum Gasteiger partial charge on any atom is 0.442 e. The van der Waals surface area contributed by atoms with Crippen molar-refractivity contribution in [3.05, 3.63) is 0 Å². The van der Waals surface area contributed by atoms with Crippen LogP contribution in [0.15, 0.2) is 0 Å². The molecule has 0 spiro atoms. The second kappa shape index (κ2) is 4.94. The van der Waals surface area contributed by atoms with Crippen molar-refractivity contribution in [2.75, 3.05) is 12.8 Å². The molecule has 0 bridgehead atoms. The summed E-state index contributed by atoms with van der Waals surface area (Å²) in [5.41, 5.74) is -6.02. The summed E-state index contributed by atoms with van der Waals surface area (Å²) in [6.07, 6.45) is 0. The maximum absolute atomic E-state index is 11.8. The van der Waals surface area contributed by atoms with E-state index in [2.05, 4.69) is 0 Å². The Balaban J connectivity index is 4.46. The third kappa shape index (κ3) is 4.30. The summed E-state index contributed by atoms with van der Waals surface area (Å²) in [5.74, 6) is -2.98. The minimum atomic E-state index is -4.50. The van der Waals surface area contributed by atoms with Crippen LogP contribution >= 0.6 is 11.8 Å². The Morgan fingerprint density at radius 1 is 1.31 bits per heavy atom. The normalized spacial score (nSPS) is 12.4. The molecule has 4 nitrogen and oxygen atoms in total. The largest absolute Gasteiger partial charge is 0.480 e.